The molecule has 90 valence electrons. The third-order valence-electron chi connectivity index (χ3n) is 2.42. The number of benzene rings is 1. The van der Waals surface area contributed by atoms with Crippen molar-refractivity contribution in [3.8, 4) is 0 Å². The first kappa shape index (κ1) is 13.2. The Morgan fingerprint density at radius 2 is 1.19 bits per heavy atom. The summed E-state index contributed by atoms with van der Waals surface area (Å²) in [5.41, 5.74) is 8.98. The molecule has 0 saturated heterocycles. The highest BCUT2D eigenvalue weighted by molar-refractivity contribution is 5.24. The second kappa shape index (κ2) is 4.58. The van der Waals surface area contributed by atoms with Crippen molar-refractivity contribution >= 4 is 0 Å². The highest BCUT2D eigenvalue weighted by atomic mass is 14.7. The molecule has 0 saturated carbocycles. The lowest BCUT2D eigenvalue weighted by atomic mass is 9.87. The second-order valence-corrected chi connectivity index (χ2v) is 6.72. The van der Waals surface area contributed by atoms with Crippen molar-refractivity contribution < 1.29 is 0 Å². The van der Waals surface area contributed by atoms with Gasteiger partial charge in [-0.25, -0.2) is 0 Å². The maximum atomic E-state index is 6.01. The Balaban J connectivity index is 2.69. The van der Waals surface area contributed by atoms with E-state index in [1.807, 2.05) is 0 Å². The lowest BCUT2D eigenvalue weighted by Crippen LogP contribution is -2.34. The predicted molar refractivity (Wildman–Crippen MR) is 71.6 cm³/mol. The maximum absolute atomic E-state index is 6.01. The lowest BCUT2D eigenvalue weighted by molar-refractivity contribution is 0.411. The molecular formula is C15H25N. The molecule has 0 spiro atoms. The molecule has 0 heterocycles. The van der Waals surface area contributed by atoms with E-state index in [1.54, 1.807) is 0 Å². The fourth-order valence-electron chi connectivity index (χ4n) is 1.91. The smallest absolute Gasteiger partial charge is 0.0138 e. The van der Waals surface area contributed by atoms with Crippen LogP contribution in [0.2, 0.25) is 0 Å². The van der Waals surface area contributed by atoms with Gasteiger partial charge in [0.2, 0.25) is 0 Å². The fourth-order valence-corrected chi connectivity index (χ4v) is 1.91. The van der Waals surface area contributed by atoms with Crippen LogP contribution in [0.15, 0.2) is 24.3 Å². The van der Waals surface area contributed by atoms with Crippen LogP contribution < -0.4 is 5.73 Å². The predicted octanol–water partition coefficient (Wildman–Crippen LogP) is 3.56. The fraction of sp³-hybridized carbons (Fsp3) is 0.600. The molecule has 0 radical (unpaired) electrons. The summed E-state index contributed by atoms with van der Waals surface area (Å²) in [7, 11) is 0. The van der Waals surface area contributed by atoms with Crippen molar-refractivity contribution in [2.45, 2.75) is 53.0 Å². The van der Waals surface area contributed by atoms with Crippen LogP contribution in [-0.4, -0.2) is 5.54 Å². The van der Waals surface area contributed by atoms with E-state index in [0.717, 1.165) is 12.8 Å². The molecule has 0 bridgehead atoms. The van der Waals surface area contributed by atoms with Gasteiger partial charge >= 0.3 is 0 Å². The van der Waals surface area contributed by atoms with Gasteiger partial charge in [-0.2, -0.15) is 0 Å². The Morgan fingerprint density at radius 1 is 0.812 bits per heavy atom. The molecule has 1 heteroatoms. The van der Waals surface area contributed by atoms with Crippen molar-refractivity contribution in [2.75, 3.05) is 0 Å². The zero-order chi connectivity index (χ0) is 12.4. The van der Waals surface area contributed by atoms with Crippen LogP contribution in [0.5, 0.6) is 0 Å². The summed E-state index contributed by atoms with van der Waals surface area (Å²) < 4.78 is 0. The van der Waals surface area contributed by atoms with Gasteiger partial charge in [-0.05, 0) is 43.2 Å². The van der Waals surface area contributed by atoms with Crippen LogP contribution in [0.1, 0.15) is 45.7 Å². The quantitative estimate of drug-likeness (QED) is 0.826. The van der Waals surface area contributed by atoms with E-state index in [-0.39, 0.29) is 5.54 Å². The third-order valence-corrected chi connectivity index (χ3v) is 2.42. The van der Waals surface area contributed by atoms with Crippen molar-refractivity contribution in [1.29, 1.82) is 0 Å². The molecule has 0 aliphatic heterocycles. The summed E-state index contributed by atoms with van der Waals surface area (Å²) >= 11 is 0. The highest BCUT2D eigenvalue weighted by Gasteiger charge is 2.13. The Bertz CT molecular complexity index is 287. The molecule has 1 rings (SSSR count). The number of rotatable bonds is 3. The van der Waals surface area contributed by atoms with Crippen molar-refractivity contribution in [2.24, 2.45) is 11.1 Å². The SMILES string of the molecule is CC(C)(C)Cc1ccc(CC(C)(C)N)cc1. The molecule has 0 fully saturated rings. The molecule has 1 aromatic carbocycles. The van der Waals surface area contributed by atoms with Gasteiger partial charge < -0.3 is 5.73 Å². The number of nitrogens with two attached hydrogens (primary N) is 1. The zero-order valence-corrected chi connectivity index (χ0v) is 11.3. The van der Waals surface area contributed by atoms with E-state index in [2.05, 4.69) is 58.9 Å². The molecule has 2 N–H and O–H groups in total. The number of hydrogen-bond acceptors (Lipinski definition) is 1. The Morgan fingerprint density at radius 3 is 1.50 bits per heavy atom. The second-order valence-electron chi connectivity index (χ2n) is 6.72. The van der Waals surface area contributed by atoms with E-state index >= 15 is 0 Å². The van der Waals surface area contributed by atoms with Gasteiger partial charge in [0.25, 0.3) is 0 Å². The van der Waals surface area contributed by atoms with Gasteiger partial charge in [-0.3, -0.25) is 0 Å². The molecule has 16 heavy (non-hydrogen) atoms. The summed E-state index contributed by atoms with van der Waals surface area (Å²) in [5, 5.41) is 0. The summed E-state index contributed by atoms with van der Waals surface area (Å²) in [5.74, 6) is 0. The van der Waals surface area contributed by atoms with Gasteiger partial charge in [0.05, 0.1) is 0 Å². The largest absolute Gasteiger partial charge is 0.325 e. The van der Waals surface area contributed by atoms with E-state index < -0.39 is 0 Å². The lowest BCUT2D eigenvalue weighted by Gasteiger charge is -2.20. The molecule has 1 nitrogen and oxygen atoms in total. The minimum Gasteiger partial charge on any atom is -0.325 e. The van der Waals surface area contributed by atoms with E-state index in [0.29, 0.717) is 5.41 Å². The van der Waals surface area contributed by atoms with Crippen molar-refractivity contribution in [3.05, 3.63) is 35.4 Å². The third kappa shape index (κ3) is 5.32. The summed E-state index contributed by atoms with van der Waals surface area (Å²) in [4.78, 5) is 0. The van der Waals surface area contributed by atoms with Gasteiger partial charge in [0, 0.05) is 5.54 Å². The molecule has 0 unspecified atom stereocenters. The van der Waals surface area contributed by atoms with Crippen LogP contribution in [0.3, 0.4) is 0 Å². The summed E-state index contributed by atoms with van der Waals surface area (Å²) in [6.45, 7) is 10.9. The van der Waals surface area contributed by atoms with Gasteiger partial charge in [-0.15, -0.1) is 0 Å². The molecule has 0 amide bonds. The first-order valence-corrected chi connectivity index (χ1v) is 6.02. The molecule has 0 aliphatic carbocycles. The topological polar surface area (TPSA) is 26.0 Å². The Labute approximate surface area is 100 Å². The Hall–Kier alpha value is -0.820. The zero-order valence-electron chi connectivity index (χ0n) is 11.3. The average molecular weight is 219 g/mol. The monoisotopic (exact) mass is 219 g/mol. The number of hydrogen-bond donors (Lipinski definition) is 1. The van der Waals surface area contributed by atoms with Crippen LogP contribution in [0.25, 0.3) is 0 Å². The van der Waals surface area contributed by atoms with Gasteiger partial charge in [0.15, 0.2) is 0 Å². The highest BCUT2D eigenvalue weighted by Crippen LogP contribution is 2.21. The molecule has 1 aromatic rings. The van der Waals surface area contributed by atoms with Gasteiger partial charge in [0.1, 0.15) is 0 Å². The van der Waals surface area contributed by atoms with Crippen LogP contribution in [0, 0.1) is 5.41 Å². The van der Waals surface area contributed by atoms with Gasteiger partial charge in [-0.1, -0.05) is 45.0 Å². The van der Waals surface area contributed by atoms with E-state index in [4.69, 9.17) is 5.73 Å². The maximum Gasteiger partial charge on any atom is 0.0138 e. The normalized spacial score (nSPS) is 12.9. The standard InChI is InChI=1S/C15H25N/c1-14(2,3)10-12-6-8-13(9-7-12)11-15(4,5)16/h6-9H,10-11,16H2,1-5H3. The molecule has 0 aromatic heterocycles. The summed E-state index contributed by atoms with van der Waals surface area (Å²) in [6.07, 6.45) is 2.06. The van der Waals surface area contributed by atoms with Crippen molar-refractivity contribution in [1.82, 2.24) is 0 Å². The molecule has 0 aliphatic rings. The molecular weight excluding hydrogens is 194 g/mol. The Kier molecular flexibility index (Phi) is 3.80. The minimum atomic E-state index is -0.120. The first-order valence-electron chi connectivity index (χ1n) is 6.02. The molecule has 0 atom stereocenters. The summed E-state index contributed by atoms with van der Waals surface area (Å²) in [6, 6.07) is 8.87. The van der Waals surface area contributed by atoms with E-state index in [9.17, 15) is 0 Å². The first-order chi connectivity index (χ1) is 7.16. The van der Waals surface area contributed by atoms with Crippen molar-refractivity contribution in [3.63, 3.8) is 0 Å². The minimum absolute atomic E-state index is 0.120. The van der Waals surface area contributed by atoms with Crippen LogP contribution in [0.4, 0.5) is 0 Å². The van der Waals surface area contributed by atoms with Crippen LogP contribution >= 0.6 is 0 Å². The average Bonchev–Trinajstić information content (AvgIpc) is 2.03. The van der Waals surface area contributed by atoms with E-state index in [1.165, 1.54) is 11.1 Å². The van der Waals surface area contributed by atoms with Crippen LogP contribution in [-0.2, 0) is 12.8 Å².